The van der Waals surface area contributed by atoms with Gasteiger partial charge in [-0.15, -0.1) is 0 Å². The Bertz CT molecular complexity index is 988. The van der Waals surface area contributed by atoms with Crippen LogP contribution >= 0.6 is 0 Å². The van der Waals surface area contributed by atoms with Crippen molar-refractivity contribution in [2.24, 2.45) is 29.6 Å². The molecule has 2 heterocycles. The van der Waals surface area contributed by atoms with Crippen LogP contribution in [0.5, 0.6) is 0 Å². The number of aliphatic hydroxyl groups excluding tert-OH is 6. The number of nitrogens with one attached hydrogen (secondary N) is 1. The van der Waals surface area contributed by atoms with Crippen molar-refractivity contribution in [1.82, 2.24) is 10.2 Å². The average molecular weight is 685 g/mol. The Morgan fingerprint density at radius 3 is 2.48 bits per heavy atom. The molecule has 48 heavy (non-hydrogen) atoms. The number of hydrogen-bond donors (Lipinski definition) is 7. The van der Waals surface area contributed by atoms with Crippen molar-refractivity contribution in [2.45, 2.75) is 165 Å². The quantitative estimate of drug-likeness (QED) is 0.118. The van der Waals surface area contributed by atoms with Crippen molar-refractivity contribution in [2.75, 3.05) is 26.3 Å². The summed E-state index contributed by atoms with van der Waals surface area (Å²) in [6.45, 7) is 5.95. The Balaban J connectivity index is 1.23. The van der Waals surface area contributed by atoms with E-state index in [2.05, 4.69) is 17.1 Å². The van der Waals surface area contributed by atoms with E-state index >= 15 is 0 Å². The van der Waals surface area contributed by atoms with Gasteiger partial charge in [0.1, 0.15) is 24.5 Å². The molecule has 0 bridgehead atoms. The molecular weight excluding hydrogens is 620 g/mol. The van der Waals surface area contributed by atoms with Crippen molar-refractivity contribution in [3.05, 3.63) is 0 Å². The second-order valence-corrected chi connectivity index (χ2v) is 15.6. The van der Waals surface area contributed by atoms with Crippen LogP contribution in [0.1, 0.15) is 104 Å². The third kappa shape index (κ3) is 9.89. The second-order valence-electron chi connectivity index (χ2n) is 15.6. The minimum absolute atomic E-state index is 0.00508. The molecule has 3 aliphatic carbocycles. The molecule has 14 atom stereocenters. The predicted molar refractivity (Wildman–Crippen MR) is 177 cm³/mol. The Morgan fingerprint density at radius 1 is 1.02 bits per heavy atom. The lowest BCUT2D eigenvalue weighted by Crippen LogP contribution is -2.44. The molecule has 7 N–H and O–H groups in total. The zero-order chi connectivity index (χ0) is 34.4. The summed E-state index contributed by atoms with van der Waals surface area (Å²) in [5.74, 6) is 0.807. The van der Waals surface area contributed by atoms with Gasteiger partial charge in [-0.2, -0.15) is 0 Å². The third-order valence-electron chi connectivity index (χ3n) is 12.1. The minimum Gasteiger partial charge on any atom is -0.394 e. The summed E-state index contributed by atoms with van der Waals surface area (Å²) < 4.78 is 18.4. The molecule has 0 aromatic heterocycles. The van der Waals surface area contributed by atoms with Crippen LogP contribution in [0.25, 0.3) is 0 Å². The van der Waals surface area contributed by atoms with Crippen molar-refractivity contribution >= 4 is 5.91 Å². The largest absolute Gasteiger partial charge is 0.394 e. The Kier molecular flexibility index (Phi) is 14.4. The van der Waals surface area contributed by atoms with Gasteiger partial charge in [0.15, 0.2) is 6.29 Å². The van der Waals surface area contributed by atoms with Crippen LogP contribution < -0.4 is 5.32 Å². The fraction of sp³-hybridized carbons (Fsp3) is 0.972. The van der Waals surface area contributed by atoms with Crippen molar-refractivity contribution in [3.63, 3.8) is 0 Å². The minimum atomic E-state index is -1.36. The van der Waals surface area contributed by atoms with Gasteiger partial charge >= 0.3 is 0 Å². The highest BCUT2D eigenvalue weighted by atomic mass is 16.7. The molecule has 5 fully saturated rings. The number of aliphatic hydroxyl groups is 6. The van der Waals surface area contributed by atoms with E-state index in [-0.39, 0.29) is 36.3 Å². The molecule has 14 unspecified atom stereocenters. The lowest BCUT2D eigenvalue weighted by atomic mass is 9.65. The molecular formula is C36H64N2O10. The van der Waals surface area contributed by atoms with E-state index in [1.54, 1.807) is 0 Å². The molecule has 0 spiro atoms. The van der Waals surface area contributed by atoms with Gasteiger partial charge < -0.3 is 50.2 Å². The Labute approximate surface area is 286 Å². The van der Waals surface area contributed by atoms with E-state index < -0.39 is 55.6 Å². The fourth-order valence-corrected chi connectivity index (χ4v) is 9.21. The molecule has 5 aliphatic rings. The first-order valence-corrected chi connectivity index (χ1v) is 19.1. The summed E-state index contributed by atoms with van der Waals surface area (Å²) in [5.41, 5.74) is 0. The van der Waals surface area contributed by atoms with E-state index in [1.807, 2.05) is 6.92 Å². The summed E-state index contributed by atoms with van der Waals surface area (Å²) in [4.78, 5) is 14.5. The number of ether oxygens (including phenoxy) is 3. The SMILES string of the molecule is CCNC(=O)CCCC1CCC1CC1C(OC2OC(CO)C(O)C(O)CC2O)CC(O)C1C(C)CC(O)CCC1OCCCN1C1CC1. The van der Waals surface area contributed by atoms with Crippen LogP contribution in [0.2, 0.25) is 0 Å². The summed E-state index contributed by atoms with van der Waals surface area (Å²) in [6.07, 6.45) is 3.30. The van der Waals surface area contributed by atoms with E-state index in [0.717, 1.165) is 58.1 Å². The summed E-state index contributed by atoms with van der Waals surface area (Å²) in [6, 6.07) is 0.622. The van der Waals surface area contributed by atoms with Gasteiger partial charge in [0, 0.05) is 45.0 Å². The van der Waals surface area contributed by atoms with Crippen LogP contribution in [0.15, 0.2) is 0 Å². The highest BCUT2D eigenvalue weighted by Gasteiger charge is 2.50. The van der Waals surface area contributed by atoms with Crippen LogP contribution in [-0.2, 0) is 19.0 Å². The molecule has 0 aromatic carbocycles. The molecule has 2 saturated heterocycles. The van der Waals surface area contributed by atoms with Gasteiger partial charge in [0.05, 0.1) is 31.0 Å². The number of rotatable bonds is 17. The van der Waals surface area contributed by atoms with E-state index in [9.17, 15) is 35.4 Å². The Morgan fingerprint density at radius 2 is 1.79 bits per heavy atom. The Hall–Kier alpha value is -0.930. The first-order chi connectivity index (χ1) is 23.1. The van der Waals surface area contributed by atoms with Crippen molar-refractivity contribution < 1.29 is 49.6 Å². The summed E-state index contributed by atoms with van der Waals surface area (Å²) in [7, 11) is 0. The van der Waals surface area contributed by atoms with Crippen LogP contribution in [-0.4, -0.2) is 129 Å². The lowest BCUT2D eigenvalue weighted by molar-refractivity contribution is -0.248. The first kappa shape index (κ1) is 38.3. The molecule has 278 valence electrons. The molecule has 5 rings (SSSR count). The maximum Gasteiger partial charge on any atom is 0.219 e. The third-order valence-corrected chi connectivity index (χ3v) is 12.1. The summed E-state index contributed by atoms with van der Waals surface area (Å²) >= 11 is 0. The molecule has 3 saturated carbocycles. The second kappa shape index (κ2) is 18.0. The highest BCUT2D eigenvalue weighted by molar-refractivity contribution is 5.75. The van der Waals surface area contributed by atoms with Gasteiger partial charge in [-0.3, -0.25) is 9.69 Å². The molecule has 0 aromatic rings. The van der Waals surface area contributed by atoms with Gasteiger partial charge in [-0.1, -0.05) is 6.92 Å². The topological polar surface area (TPSA) is 181 Å². The van der Waals surface area contributed by atoms with Crippen molar-refractivity contribution in [1.29, 1.82) is 0 Å². The predicted octanol–water partition coefficient (Wildman–Crippen LogP) is 1.66. The zero-order valence-corrected chi connectivity index (χ0v) is 29.2. The zero-order valence-electron chi connectivity index (χ0n) is 29.2. The highest BCUT2D eigenvalue weighted by Crippen LogP contribution is 2.50. The van der Waals surface area contributed by atoms with Gasteiger partial charge in [-0.25, -0.2) is 0 Å². The number of hydrogen-bond acceptors (Lipinski definition) is 11. The van der Waals surface area contributed by atoms with Gasteiger partial charge in [-0.05, 0) is 107 Å². The van der Waals surface area contributed by atoms with Crippen LogP contribution in [0, 0.1) is 29.6 Å². The maximum atomic E-state index is 12.0. The van der Waals surface area contributed by atoms with Crippen molar-refractivity contribution in [3.8, 4) is 0 Å². The fourth-order valence-electron chi connectivity index (χ4n) is 9.21. The number of carbonyl (C=O) groups excluding carboxylic acids is 1. The normalized spacial score (nSPS) is 40.6. The number of carbonyl (C=O) groups is 1. The standard InChI is InChI=1S/C36H64N2O10/c1-3-37-32(44)7-4-6-22-8-9-23(22)17-26-30(47-36-29(43)18-28(42)35(45)31(20-39)48-36)19-27(41)34(26)21(2)16-25(40)12-13-33-38(24-10-11-24)14-5-15-46-33/h21-31,33-36,39-43,45H,3-20H2,1-2H3,(H,37,44). The van der Waals surface area contributed by atoms with E-state index in [1.165, 1.54) is 12.8 Å². The molecule has 12 nitrogen and oxygen atoms in total. The maximum absolute atomic E-state index is 12.0. The van der Waals surface area contributed by atoms with E-state index in [0.29, 0.717) is 50.1 Å². The smallest absolute Gasteiger partial charge is 0.219 e. The van der Waals surface area contributed by atoms with Crippen LogP contribution in [0.4, 0.5) is 0 Å². The summed E-state index contributed by atoms with van der Waals surface area (Å²) in [5, 5.41) is 67.1. The molecule has 2 aliphatic heterocycles. The van der Waals surface area contributed by atoms with Gasteiger partial charge in [0.2, 0.25) is 5.91 Å². The van der Waals surface area contributed by atoms with Crippen LogP contribution in [0.3, 0.4) is 0 Å². The molecule has 0 radical (unpaired) electrons. The first-order valence-electron chi connectivity index (χ1n) is 19.1. The average Bonchev–Trinajstić information content (AvgIpc) is 3.86. The monoisotopic (exact) mass is 684 g/mol. The molecule has 12 heteroatoms. The number of nitrogens with zero attached hydrogens (tertiary/aromatic N) is 1. The van der Waals surface area contributed by atoms with E-state index in [4.69, 9.17) is 14.2 Å². The van der Waals surface area contributed by atoms with Gasteiger partial charge in [0.25, 0.3) is 0 Å². The number of amides is 1. The molecule has 1 amide bonds. The lowest BCUT2D eigenvalue weighted by Gasteiger charge is -2.42.